The predicted octanol–water partition coefficient (Wildman–Crippen LogP) is 2.21. The van der Waals surface area contributed by atoms with Crippen LogP contribution >= 0.6 is 15.9 Å². The molecule has 4 nitrogen and oxygen atoms in total. The van der Waals surface area contributed by atoms with Crippen LogP contribution in [0.1, 0.15) is 19.0 Å². The highest BCUT2D eigenvalue weighted by Gasteiger charge is 1.96. The number of rotatable bonds is 4. The third kappa shape index (κ3) is 4.69. The lowest BCUT2D eigenvalue weighted by molar-refractivity contribution is -0.142. The number of hydrogen-bond acceptors (Lipinski definition) is 4. The van der Waals surface area contributed by atoms with E-state index in [4.69, 9.17) is 4.74 Å². The van der Waals surface area contributed by atoms with Gasteiger partial charge in [-0.05, 0) is 28.9 Å². The smallest absolute Gasteiger partial charge is 0.309 e. The van der Waals surface area contributed by atoms with Crippen LogP contribution in [0.5, 0.6) is 0 Å². The van der Waals surface area contributed by atoms with Gasteiger partial charge in [-0.2, -0.15) is 0 Å². The minimum Gasteiger partial charge on any atom is -0.466 e. The second kappa shape index (κ2) is 6.29. The van der Waals surface area contributed by atoms with E-state index in [2.05, 4.69) is 25.9 Å². The van der Waals surface area contributed by atoms with E-state index < -0.39 is 0 Å². The van der Waals surface area contributed by atoms with Crippen LogP contribution in [-0.4, -0.2) is 22.5 Å². The normalized spacial score (nSPS) is 10.5. The largest absolute Gasteiger partial charge is 0.466 e. The van der Waals surface area contributed by atoms with Gasteiger partial charge < -0.3 is 4.74 Å². The number of carbonyl (C=O) groups excluding carboxylic acids is 1. The first-order valence-electron chi connectivity index (χ1n) is 4.52. The molecule has 0 fully saturated rings. The van der Waals surface area contributed by atoms with Crippen LogP contribution in [0.3, 0.4) is 0 Å². The van der Waals surface area contributed by atoms with E-state index in [0.29, 0.717) is 16.9 Å². The third-order valence-corrected chi connectivity index (χ3v) is 1.93. The lowest BCUT2D eigenvalue weighted by Crippen LogP contribution is -2.01. The van der Waals surface area contributed by atoms with Crippen molar-refractivity contribution in [2.24, 2.45) is 0 Å². The summed E-state index contributed by atoms with van der Waals surface area (Å²) in [5, 5.41) is 0. The lowest BCUT2D eigenvalue weighted by atomic mass is 10.3. The summed E-state index contributed by atoms with van der Waals surface area (Å²) in [7, 11) is 0. The first kappa shape index (κ1) is 11.8. The van der Waals surface area contributed by atoms with Gasteiger partial charge >= 0.3 is 5.97 Å². The third-order valence-electron chi connectivity index (χ3n) is 1.52. The number of esters is 1. The number of ether oxygens (including phenoxy) is 1. The minimum atomic E-state index is -0.237. The molecule has 0 aliphatic carbocycles. The Morgan fingerprint density at radius 1 is 1.53 bits per heavy atom. The van der Waals surface area contributed by atoms with E-state index in [1.807, 2.05) is 0 Å². The summed E-state index contributed by atoms with van der Waals surface area (Å²) >= 11 is 3.19. The zero-order valence-electron chi connectivity index (χ0n) is 8.31. The van der Waals surface area contributed by atoms with Gasteiger partial charge in [0.15, 0.2) is 0 Å². The molecule has 0 atom stereocenters. The highest BCUT2D eigenvalue weighted by molar-refractivity contribution is 9.10. The first-order valence-corrected chi connectivity index (χ1v) is 5.31. The summed E-state index contributed by atoms with van der Waals surface area (Å²) in [5.41, 5.74) is 0.711. The van der Waals surface area contributed by atoms with Crippen molar-refractivity contribution in [3.05, 3.63) is 28.8 Å². The fourth-order valence-corrected chi connectivity index (χ4v) is 1.11. The summed E-state index contributed by atoms with van der Waals surface area (Å²) in [4.78, 5) is 19.0. The van der Waals surface area contributed by atoms with Crippen molar-refractivity contribution in [2.45, 2.75) is 13.3 Å². The molecule has 0 saturated heterocycles. The Hall–Kier alpha value is -1.23. The zero-order chi connectivity index (χ0) is 11.1. The summed E-state index contributed by atoms with van der Waals surface area (Å²) in [6.45, 7) is 2.19. The van der Waals surface area contributed by atoms with Gasteiger partial charge in [0.25, 0.3) is 0 Å². The number of halogens is 1. The van der Waals surface area contributed by atoms with Gasteiger partial charge in [-0.25, -0.2) is 4.98 Å². The highest BCUT2D eigenvalue weighted by atomic mass is 79.9. The van der Waals surface area contributed by atoms with Crippen molar-refractivity contribution < 1.29 is 9.53 Å². The van der Waals surface area contributed by atoms with Gasteiger partial charge in [0.05, 0.1) is 31.1 Å². The van der Waals surface area contributed by atoms with Crippen molar-refractivity contribution >= 4 is 28.0 Å². The molecule has 1 aromatic rings. The zero-order valence-corrected chi connectivity index (χ0v) is 9.90. The molecule has 1 heterocycles. The summed E-state index contributed by atoms with van der Waals surface area (Å²) in [6.07, 6.45) is 6.91. The van der Waals surface area contributed by atoms with E-state index in [1.165, 1.54) is 0 Å². The molecule has 15 heavy (non-hydrogen) atoms. The van der Waals surface area contributed by atoms with Crippen LogP contribution in [0.15, 0.2) is 23.1 Å². The number of hydrogen-bond donors (Lipinski definition) is 0. The SMILES string of the molecule is CCOC(=O)CC=Cc1cnc(Br)cn1. The maximum atomic E-state index is 11.0. The lowest BCUT2D eigenvalue weighted by Gasteiger charge is -1.96. The molecule has 1 aromatic heterocycles. The van der Waals surface area contributed by atoms with Crippen LogP contribution in [0.4, 0.5) is 0 Å². The van der Waals surface area contributed by atoms with Crippen LogP contribution in [0.25, 0.3) is 6.08 Å². The molecule has 0 spiro atoms. The molecule has 0 N–H and O–H groups in total. The molecule has 0 bridgehead atoms. The van der Waals surface area contributed by atoms with Gasteiger partial charge in [-0.15, -0.1) is 0 Å². The van der Waals surface area contributed by atoms with Crippen molar-refractivity contribution in [1.82, 2.24) is 9.97 Å². The fourth-order valence-electron chi connectivity index (χ4n) is 0.904. The van der Waals surface area contributed by atoms with E-state index >= 15 is 0 Å². The topological polar surface area (TPSA) is 52.1 Å². The Bertz CT molecular complexity index is 349. The first-order chi connectivity index (χ1) is 7.22. The molecule has 0 aliphatic rings. The average Bonchev–Trinajstić information content (AvgIpc) is 2.21. The summed E-state index contributed by atoms with van der Waals surface area (Å²) < 4.78 is 5.45. The summed E-state index contributed by atoms with van der Waals surface area (Å²) in [6, 6.07) is 0. The summed E-state index contributed by atoms with van der Waals surface area (Å²) in [5.74, 6) is -0.237. The molecule has 0 aromatic carbocycles. The molecule has 0 radical (unpaired) electrons. The Balaban J connectivity index is 2.44. The molecule has 1 rings (SSSR count). The van der Waals surface area contributed by atoms with Crippen LogP contribution in [0.2, 0.25) is 0 Å². The molecular formula is C10H11BrN2O2. The molecule has 0 aliphatic heterocycles. The number of aromatic nitrogens is 2. The molecule has 5 heteroatoms. The van der Waals surface area contributed by atoms with Gasteiger partial charge in [0.1, 0.15) is 4.60 Å². The maximum absolute atomic E-state index is 11.0. The molecule has 0 saturated carbocycles. The Morgan fingerprint density at radius 2 is 2.33 bits per heavy atom. The minimum absolute atomic E-state index is 0.237. The highest BCUT2D eigenvalue weighted by Crippen LogP contribution is 2.04. The van der Waals surface area contributed by atoms with E-state index in [1.54, 1.807) is 31.5 Å². The molecular weight excluding hydrogens is 260 g/mol. The number of nitrogens with zero attached hydrogens (tertiary/aromatic N) is 2. The number of carbonyl (C=O) groups is 1. The van der Waals surface area contributed by atoms with Gasteiger partial charge in [-0.3, -0.25) is 9.78 Å². The van der Waals surface area contributed by atoms with Crippen molar-refractivity contribution in [1.29, 1.82) is 0 Å². The van der Waals surface area contributed by atoms with E-state index in [9.17, 15) is 4.79 Å². The van der Waals surface area contributed by atoms with Crippen LogP contribution < -0.4 is 0 Å². The van der Waals surface area contributed by atoms with Gasteiger partial charge in [-0.1, -0.05) is 6.08 Å². The second-order valence-corrected chi connectivity index (χ2v) is 3.49. The molecule has 80 valence electrons. The maximum Gasteiger partial charge on any atom is 0.309 e. The standard InChI is InChI=1S/C10H11BrN2O2/c1-2-15-10(14)5-3-4-8-6-13-9(11)7-12-8/h3-4,6-7H,2,5H2,1H3. The predicted molar refractivity (Wildman–Crippen MR) is 60.0 cm³/mol. The Morgan fingerprint density at radius 3 is 2.93 bits per heavy atom. The van der Waals surface area contributed by atoms with Crippen molar-refractivity contribution in [3.63, 3.8) is 0 Å². The van der Waals surface area contributed by atoms with Crippen LogP contribution in [-0.2, 0) is 9.53 Å². The van der Waals surface area contributed by atoms with E-state index in [0.717, 1.165) is 0 Å². The Kier molecular flexibility index (Phi) is 4.97. The quantitative estimate of drug-likeness (QED) is 0.788. The molecule has 0 amide bonds. The van der Waals surface area contributed by atoms with E-state index in [-0.39, 0.29) is 12.4 Å². The Labute approximate surface area is 96.5 Å². The van der Waals surface area contributed by atoms with Gasteiger partial charge in [0, 0.05) is 0 Å². The monoisotopic (exact) mass is 270 g/mol. The fraction of sp³-hybridized carbons (Fsp3) is 0.300. The van der Waals surface area contributed by atoms with Crippen molar-refractivity contribution in [2.75, 3.05) is 6.61 Å². The average molecular weight is 271 g/mol. The van der Waals surface area contributed by atoms with Gasteiger partial charge in [0.2, 0.25) is 0 Å². The van der Waals surface area contributed by atoms with Crippen molar-refractivity contribution in [3.8, 4) is 0 Å². The molecule has 0 unspecified atom stereocenters. The van der Waals surface area contributed by atoms with Crippen LogP contribution in [0, 0.1) is 0 Å². The second-order valence-electron chi connectivity index (χ2n) is 2.68.